The van der Waals surface area contributed by atoms with Crippen molar-refractivity contribution in [3.63, 3.8) is 0 Å². The van der Waals surface area contributed by atoms with Crippen LogP contribution in [0.15, 0.2) is 30.3 Å². The number of hydrogen-bond donors (Lipinski definition) is 0. The van der Waals surface area contributed by atoms with Crippen LogP contribution in [0.25, 0.3) is 0 Å². The lowest BCUT2D eigenvalue weighted by Crippen LogP contribution is -2.16. The molecule has 80 valence electrons. The summed E-state index contributed by atoms with van der Waals surface area (Å²) in [6, 6.07) is 9.69. The standard InChI is InChI=1S/C12H14O3/c1-10(9-13)15-12(14)8-7-11-5-3-2-4-6-11/h2-6,9-10H,7-8H2,1H3. The second-order valence-electron chi connectivity index (χ2n) is 3.32. The highest BCUT2D eigenvalue weighted by Gasteiger charge is 2.07. The molecule has 0 saturated heterocycles. The first-order valence-corrected chi connectivity index (χ1v) is 4.91. The number of aryl methyl sites for hydroxylation is 1. The Labute approximate surface area is 89.1 Å². The van der Waals surface area contributed by atoms with Gasteiger partial charge in [-0.05, 0) is 18.9 Å². The van der Waals surface area contributed by atoms with Gasteiger partial charge < -0.3 is 4.74 Å². The van der Waals surface area contributed by atoms with Crippen LogP contribution in [0.5, 0.6) is 0 Å². The van der Waals surface area contributed by atoms with Crippen LogP contribution in [0, 0.1) is 0 Å². The van der Waals surface area contributed by atoms with Gasteiger partial charge in [-0.25, -0.2) is 0 Å². The lowest BCUT2D eigenvalue weighted by atomic mass is 10.1. The molecule has 0 spiro atoms. The fraction of sp³-hybridized carbons (Fsp3) is 0.333. The zero-order valence-electron chi connectivity index (χ0n) is 8.68. The van der Waals surface area contributed by atoms with Gasteiger partial charge in [0.2, 0.25) is 0 Å². The summed E-state index contributed by atoms with van der Waals surface area (Å²) in [6.07, 6.45) is 0.918. The molecule has 1 rings (SSSR count). The lowest BCUT2D eigenvalue weighted by molar-refractivity contribution is -0.150. The van der Waals surface area contributed by atoms with E-state index in [1.807, 2.05) is 30.3 Å². The topological polar surface area (TPSA) is 43.4 Å². The maximum Gasteiger partial charge on any atom is 0.306 e. The van der Waals surface area contributed by atoms with E-state index in [2.05, 4.69) is 0 Å². The first kappa shape index (κ1) is 11.4. The van der Waals surface area contributed by atoms with E-state index in [0.29, 0.717) is 19.1 Å². The molecule has 0 heterocycles. The van der Waals surface area contributed by atoms with E-state index >= 15 is 0 Å². The smallest absolute Gasteiger partial charge is 0.306 e. The number of esters is 1. The van der Waals surface area contributed by atoms with E-state index < -0.39 is 6.10 Å². The van der Waals surface area contributed by atoms with Crippen molar-refractivity contribution >= 4 is 12.3 Å². The lowest BCUT2D eigenvalue weighted by Gasteiger charge is -2.06. The van der Waals surface area contributed by atoms with E-state index in [9.17, 15) is 9.59 Å². The normalized spacial score (nSPS) is 11.8. The summed E-state index contributed by atoms with van der Waals surface area (Å²) in [5, 5.41) is 0. The molecule has 1 aromatic carbocycles. The second kappa shape index (κ2) is 5.96. The first-order valence-electron chi connectivity index (χ1n) is 4.91. The number of aldehydes is 1. The molecule has 0 amide bonds. The largest absolute Gasteiger partial charge is 0.455 e. The molecule has 3 nitrogen and oxygen atoms in total. The predicted octanol–water partition coefficient (Wildman–Crippen LogP) is 1.75. The molecular weight excluding hydrogens is 192 g/mol. The van der Waals surface area contributed by atoms with Gasteiger partial charge in [-0.2, -0.15) is 0 Å². The number of ether oxygens (including phenoxy) is 1. The van der Waals surface area contributed by atoms with E-state index in [4.69, 9.17) is 4.74 Å². The van der Waals surface area contributed by atoms with E-state index in [0.717, 1.165) is 5.56 Å². The van der Waals surface area contributed by atoms with Gasteiger partial charge in [-0.15, -0.1) is 0 Å². The molecule has 0 aromatic heterocycles. The maximum absolute atomic E-state index is 11.2. The third kappa shape index (κ3) is 4.40. The second-order valence-corrected chi connectivity index (χ2v) is 3.32. The van der Waals surface area contributed by atoms with Crippen molar-refractivity contribution in [3.05, 3.63) is 35.9 Å². The van der Waals surface area contributed by atoms with Crippen LogP contribution >= 0.6 is 0 Å². The number of carbonyl (C=O) groups excluding carboxylic acids is 2. The van der Waals surface area contributed by atoms with Crippen LogP contribution in [0.1, 0.15) is 18.9 Å². The third-order valence-corrected chi connectivity index (χ3v) is 1.97. The molecule has 0 radical (unpaired) electrons. The Morgan fingerprint density at radius 3 is 2.67 bits per heavy atom. The average molecular weight is 206 g/mol. The molecule has 0 fully saturated rings. The van der Waals surface area contributed by atoms with E-state index in [1.165, 1.54) is 0 Å². The highest BCUT2D eigenvalue weighted by Crippen LogP contribution is 2.03. The van der Waals surface area contributed by atoms with Crippen molar-refractivity contribution in [2.45, 2.75) is 25.9 Å². The Balaban J connectivity index is 2.31. The molecule has 0 saturated carbocycles. The van der Waals surface area contributed by atoms with Crippen LogP contribution in [0.2, 0.25) is 0 Å². The Hall–Kier alpha value is -1.64. The van der Waals surface area contributed by atoms with Gasteiger partial charge >= 0.3 is 5.97 Å². The van der Waals surface area contributed by atoms with E-state index in [1.54, 1.807) is 6.92 Å². The fourth-order valence-corrected chi connectivity index (χ4v) is 1.19. The van der Waals surface area contributed by atoms with Crippen LogP contribution in [-0.4, -0.2) is 18.4 Å². The molecule has 15 heavy (non-hydrogen) atoms. The van der Waals surface area contributed by atoms with Crippen LogP contribution in [0.3, 0.4) is 0 Å². The van der Waals surface area contributed by atoms with Crippen molar-refractivity contribution in [1.82, 2.24) is 0 Å². The molecule has 3 heteroatoms. The SMILES string of the molecule is CC(C=O)OC(=O)CCc1ccccc1. The fourth-order valence-electron chi connectivity index (χ4n) is 1.19. The van der Waals surface area contributed by atoms with Crippen molar-refractivity contribution in [2.24, 2.45) is 0 Å². The predicted molar refractivity (Wildman–Crippen MR) is 56.4 cm³/mol. The Morgan fingerprint density at radius 2 is 2.07 bits per heavy atom. The van der Waals surface area contributed by atoms with Gasteiger partial charge in [-0.1, -0.05) is 30.3 Å². The molecule has 0 bridgehead atoms. The molecule has 1 atom stereocenters. The molecule has 0 aliphatic rings. The van der Waals surface area contributed by atoms with Crippen LogP contribution in [-0.2, 0) is 20.7 Å². The van der Waals surface area contributed by atoms with Gasteiger partial charge in [0.25, 0.3) is 0 Å². The molecule has 0 aliphatic heterocycles. The van der Waals surface area contributed by atoms with Crippen LogP contribution in [0.4, 0.5) is 0 Å². The number of rotatable bonds is 5. The molecular formula is C12H14O3. The molecule has 1 aromatic rings. The minimum Gasteiger partial charge on any atom is -0.455 e. The molecule has 1 unspecified atom stereocenters. The van der Waals surface area contributed by atoms with Gasteiger partial charge in [0.05, 0.1) is 0 Å². The minimum absolute atomic E-state index is 0.308. The number of benzene rings is 1. The number of carbonyl (C=O) groups is 2. The summed E-state index contributed by atoms with van der Waals surface area (Å²) >= 11 is 0. The highest BCUT2D eigenvalue weighted by atomic mass is 16.5. The molecule has 0 N–H and O–H groups in total. The number of hydrogen-bond acceptors (Lipinski definition) is 3. The van der Waals surface area contributed by atoms with Crippen molar-refractivity contribution in [3.8, 4) is 0 Å². The zero-order chi connectivity index (χ0) is 11.1. The van der Waals surface area contributed by atoms with Gasteiger partial charge in [0.15, 0.2) is 12.4 Å². The van der Waals surface area contributed by atoms with Crippen molar-refractivity contribution < 1.29 is 14.3 Å². The summed E-state index contributed by atoms with van der Waals surface area (Å²) in [5.74, 6) is -0.335. The Bertz CT molecular complexity index is 319. The first-order chi connectivity index (χ1) is 7.22. The van der Waals surface area contributed by atoms with Crippen molar-refractivity contribution in [1.29, 1.82) is 0 Å². The Morgan fingerprint density at radius 1 is 1.40 bits per heavy atom. The summed E-state index contributed by atoms with van der Waals surface area (Å²) in [5.41, 5.74) is 1.09. The van der Waals surface area contributed by atoms with E-state index in [-0.39, 0.29) is 5.97 Å². The average Bonchev–Trinajstić information content (AvgIpc) is 2.27. The minimum atomic E-state index is -0.645. The summed E-state index contributed by atoms with van der Waals surface area (Å²) < 4.78 is 4.81. The van der Waals surface area contributed by atoms with Crippen LogP contribution < -0.4 is 0 Å². The maximum atomic E-state index is 11.2. The quantitative estimate of drug-likeness (QED) is 0.544. The Kier molecular flexibility index (Phi) is 4.54. The summed E-state index contributed by atoms with van der Waals surface area (Å²) in [6.45, 7) is 1.55. The highest BCUT2D eigenvalue weighted by molar-refractivity contribution is 5.72. The monoisotopic (exact) mass is 206 g/mol. The van der Waals surface area contributed by atoms with Gasteiger partial charge in [0.1, 0.15) is 0 Å². The summed E-state index contributed by atoms with van der Waals surface area (Å²) in [7, 11) is 0. The van der Waals surface area contributed by atoms with Gasteiger partial charge in [-0.3, -0.25) is 9.59 Å². The summed E-state index contributed by atoms with van der Waals surface area (Å²) in [4.78, 5) is 21.4. The molecule has 0 aliphatic carbocycles. The zero-order valence-corrected chi connectivity index (χ0v) is 8.68. The van der Waals surface area contributed by atoms with Gasteiger partial charge in [0, 0.05) is 6.42 Å². The third-order valence-electron chi connectivity index (χ3n) is 1.97. The van der Waals surface area contributed by atoms with Crippen molar-refractivity contribution in [2.75, 3.05) is 0 Å².